The van der Waals surface area contributed by atoms with Crippen molar-refractivity contribution >= 4 is 33.2 Å². The summed E-state index contributed by atoms with van der Waals surface area (Å²) in [4.78, 5) is 10.4. The van der Waals surface area contributed by atoms with Crippen molar-refractivity contribution in [2.45, 2.75) is 19.9 Å². The molecule has 0 radical (unpaired) electrons. The maximum absolute atomic E-state index is 11.0. The van der Waals surface area contributed by atoms with Crippen molar-refractivity contribution in [3.8, 4) is 0 Å². The predicted molar refractivity (Wildman–Crippen MR) is 95.3 cm³/mol. The van der Waals surface area contributed by atoms with Crippen molar-refractivity contribution < 1.29 is 13.7 Å². The predicted octanol–water partition coefficient (Wildman–Crippen LogP) is 0.407. The van der Waals surface area contributed by atoms with Crippen LogP contribution in [-0.4, -0.2) is 53.9 Å². The molecule has 0 spiro atoms. The zero-order valence-corrected chi connectivity index (χ0v) is 15.9. The zero-order valence-electron chi connectivity index (χ0n) is 13.5. The van der Waals surface area contributed by atoms with Crippen LogP contribution in [0.25, 0.3) is 0 Å². The van der Waals surface area contributed by atoms with Crippen LogP contribution in [0.5, 0.6) is 0 Å². The van der Waals surface area contributed by atoms with Gasteiger partial charge in [-0.15, -0.1) is 0 Å². The van der Waals surface area contributed by atoms with E-state index in [1.54, 1.807) is 29.8 Å². The van der Waals surface area contributed by atoms with Crippen LogP contribution in [0.2, 0.25) is 0 Å². The number of morpholine rings is 1. The van der Waals surface area contributed by atoms with Gasteiger partial charge in [0.1, 0.15) is 12.3 Å². The number of carbonyl (C=O) groups is 1. The van der Waals surface area contributed by atoms with Crippen LogP contribution in [0, 0.1) is 0 Å². The van der Waals surface area contributed by atoms with E-state index in [-0.39, 0.29) is 6.04 Å². The number of carbonyl (C=O) groups excluding carboxylic acids is 1. The van der Waals surface area contributed by atoms with E-state index >= 15 is 0 Å². The van der Waals surface area contributed by atoms with Gasteiger partial charge >= 0.3 is 0 Å². The van der Waals surface area contributed by atoms with Crippen molar-refractivity contribution in [1.82, 2.24) is 9.62 Å². The van der Waals surface area contributed by atoms with E-state index in [4.69, 9.17) is 16.2 Å². The fourth-order valence-corrected chi connectivity index (χ4v) is 2.24. The van der Waals surface area contributed by atoms with E-state index in [1.165, 1.54) is 0 Å². The Bertz CT molecular complexity index is 387. The van der Waals surface area contributed by atoms with E-state index in [2.05, 4.69) is 21.2 Å². The number of nitrogens with one attached hydrogen (secondary N) is 1. The van der Waals surface area contributed by atoms with Crippen molar-refractivity contribution in [3.63, 3.8) is 0 Å². The molecular formula is C13H27BrN4O3S. The Balaban J connectivity index is 0. The molecule has 1 rings (SSSR count). The Morgan fingerprint density at radius 2 is 2.00 bits per heavy atom. The topological polar surface area (TPSA) is 111 Å². The number of nitrogens with zero attached hydrogens (tertiary/aromatic N) is 1. The Hall–Kier alpha value is -0.900. The number of aldehydes is 1. The first kappa shape index (κ1) is 23.4. The minimum atomic E-state index is -1.06. The molecule has 1 aliphatic heterocycles. The smallest absolute Gasteiger partial charge is 0.140 e. The molecule has 0 aromatic rings. The molecule has 7 nitrogen and oxygen atoms in total. The molecule has 5 N–H and O–H groups in total. The molecule has 1 aliphatic rings. The lowest BCUT2D eigenvalue weighted by Gasteiger charge is -2.29. The van der Waals surface area contributed by atoms with Crippen molar-refractivity contribution in [2.24, 2.45) is 11.5 Å². The fourth-order valence-electron chi connectivity index (χ4n) is 1.29. The summed E-state index contributed by atoms with van der Waals surface area (Å²) in [7, 11) is 0.680. The Morgan fingerprint density at radius 3 is 2.36 bits per heavy atom. The summed E-state index contributed by atoms with van der Waals surface area (Å²) in [5, 5.41) is 2.74. The van der Waals surface area contributed by atoms with Crippen LogP contribution >= 0.6 is 15.9 Å². The molecule has 9 heteroatoms. The SMILES string of the molecule is CC.CN/C(N)=C/C=C(\N)Br.CS(=O)N1CCOCC1C=O. The first-order chi connectivity index (χ1) is 10.4. The largest absolute Gasteiger partial charge is 0.393 e. The summed E-state index contributed by atoms with van der Waals surface area (Å²) >= 11 is 3.04. The monoisotopic (exact) mass is 398 g/mol. The van der Waals surface area contributed by atoms with E-state index < -0.39 is 11.0 Å². The van der Waals surface area contributed by atoms with Gasteiger partial charge in [-0.2, -0.15) is 0 Å². The molecule has 2 unspecified atom stereocenters. The van der Waals surface area contributed by atoms with Gasteiger partial charge in [-0.3, -0.25) is 0 Å². The summed E-state index contributed by atoms with van der Waals surface area (Å²) in [5.41, 5.74) is 10.6. The third kappa shape index (κ3) is 11.7. The summed E-state index contributed by atoms with van der Waals surface area (Å²) in [6, 6.07) is -0.324. The Labute approximate surface area is 143 Å². The van der Waals surface area contributed by atoms with Crippen molar-refractivity contribution in [1.29, 1.82) is 0 Å². The number of halogens is 1. The Kier molecular flexibility index (Phi) is 15.9. The van der Waals surface area contributed by atoms with Gasteiger partial charge < -0.3 is 26.3 Å². The van der Waals surface area contributed by atoms with Gasteiger partial charge in [0.25, 0.3) is 0 Å². The molecular weight excluding hydrogens is 372 g/mol. The van der Waals surface area contributed by atoms with Crippen LogP contribution in [-0.2, 0) is 20.5 Å². The van der Waals surface area contributed by atoms with Crippen LogP contribution in [0.3, 0.4) is 0 Å². The first-order valence-corrected chi connectivity index (χ1v) is 9.12. The van der Waals surface area contributed by atoms with Crippen molar-refractivity contribution in [3.05, 3.63) is 22.6 Å². The number of ether oxygens (including phenoxy) is 1. The molecule has 1 heterocycles. The van der Waals surface area contributed by atoms with E-state index in [0.29, 0.717) is 30.2 Å². The third-order valence-electron chi connectivity index (χ3n) is 2.31. The Morgan fingerprint density at radius 1 is 1.41 bits per heavy atom. The molecule has 1 fully saturated rings. The lowest BCUT2D eigenvalue weighted by molar-refractivity contribution is -0.114. The molecule has 2 atom stereocenters. The summed E-state index contributed by atoms with van der Waals surface area (Å²) < 4.78 is 18.2. The highest BCUT2D eigenvalue weighted by atomic mass is 79.9. The number of hydrogen-bond acceptors (Lipinski definition) is 6. The van der Waals surface area contributed by atoms with Gasteiger partial charge in [-0.05, 0) is 28.1 Å². The van der Waals surface area contributed by atoms with Crippen LogP contribution in [0.1, 0.15) is 13.8 Å². The van der Waals surface area contributed by atoms with E-state index in [9.17, 15) is 9.00 Å². The average Bonchev–Trinajstić information content (AvgIpc) is 2.54. The van der Waals surface area contributed by atoms with Gasteiger partial charge in [0.05, 0.1) is 34.6 Å². The quantitative estimate of drug-likeness (QED) is 0.359. The molecule has 22 heavy (non-hydrogen) atoms. The van der Waals surface area contributed by atoms with Crippen LogP contribution < -0.4 is 16.8 Å². The fraction of sp³-hybridized carbons (Fsp3) is 0.615. The molecule has 0 aromatic heterocycles. The maximum Gasteiger partial charge on any atom is 0.140 e. The van der Waals surface area contributed by atoms with Gasteiger partial charge in [0.15, 0.2) is 0 Å². The number of nitrogens with two attached hydrogens (primary N) is 2. The molecule has 0 aromatic carbocycles. The highest BCUT2D eigenvalue weighted by molar-refractivity contribution is 9.11. The van der Waals surface area contributed by atoms with E-state index in [1.807, 2.05) is 13.8 Å². The summed E-state index contributed by atoms with van der Waals surface area (Å²) in [6.45, 7) is 5.50. The van der Waals surface area contributed by atoms with Crippen LogP contribution in [0.4, 0.5) is 0 Å². The summed E-state index contributed by atoms with van der Waals surface area (Å²) in [6.07, 6.45) is 5.68. The highest BCUT2D eigenvalue weighted by Gasteiger charge is 2.24. The highest BCUT2D eigenvalue weighted by Crippen LogP contribution is 2.05. The summed E-state index contributed by atoms with van der Waals surface area (Å²) in [5.74, 6) is 0.581. The van der Waals surface area contributed by atoms with Gasteiger partial charge in [-0.25, -0.2) is 8.51 Å². The molecule has 0 aliphatic carbocycles. The number of allylic oxidation sites excluding steroid dienone is 2. The molecule has 130 valence electrons. The molecule has 0 amide bonds. The van der Waals surface area contributed by atoms with Gasteiger partial charge in [0.2, 0.25) is 0 Å². The van der Waals surface area contributed by atoms with E-state index in [0.717, 1.165) is 6.29 Å². The second kappa shape index (κ2) is 15.0. The minimum Gasteiger partial charge on any atom is -0.393 e. The van der Waals surface area contributed by atoms with Gasteiger partial charge in [-0.1, -0.05) is 13.8 Å². The first-order valence-electron chi connectivity index (χ1n) is 6.81. The van der Waals surface area contributed by atoms with Gasteiger partial charge in [0, 0.05) is 19.8 Å². The average molecular weight is 399 g/mol. The normalized spacial score (nSPS) is 20.7. The number of rotatable bonds is 4. The molecule has 0 saturated carbocycles. The molecule has 1 saturated heterocycles. The second-order valence-electron chi connectivity index (χ2n) is 3.77. The lowest BCUT2D eigenvalue weighted by Crippen LogP contribution is -2.46. The number of hydrogen-bond donors (Lipinski definition) is 3. The maximum atomic E-state index is 11.0. The molecule has 0 bridgehead atoms. The minimum absolute atomic E-state index is 0.324. The zero-order chi connectivity index (χ0) is 17.5. The van der Waals surface area contributed by atoms with Crippen molar-refractivity contribution in [2.75, 3.05) is 33.1 Å². The third-order valence-corrected chi connectivity index (χ3v) is 3.69. The standard InChI is InChI=1S/C6H11NO3S.C5H10BrN3.C2H6/c1-11(9)7-2-3-10-5-6(7)4-8;1-9-5(8)3-2-4(6)7;1-2/h4,6H,2-3,5H2,1H3;2-3,9H,7-8H2,1H3;1-2H3/b;4-2-,5-3+;. The van der Waals surface area contributed by atoms with Crippen LogP contribution in [0.15, 0.2) is 22.6 Å². The lowest BCUT2D eigenvalue weighted by atomic mass is 10.3. The second-order valence-corrected chi connectivity index (χ2v) is 6.00.